The van der Waals surface area contributed by atoms with Crippen molar-refractivity contribution in [2.45, 2.75) is 0 Å². The normalized spacial score (nSPS) is 15.0. The molecule has 0 saturated carbocycles. The summed E-state index contributed by atoms with van der Waals surface area (Å²) < 4.78 is 5.23. The van der Waals surface area contributed by atoms with Crippen molar-refractivity contribution >= 4 is 28.2 Å². The van der Waals surface area contributed by atoms with Gasteiger partial charge in [0.05, 0.1) is 18.9 Å². The van der Waals surface area contributed by atoms with Gasteiger partial charge in [-0.25, -0.2) is 9.78 Å². The molecule has 3 N–H and O–H groups in total. The summed E-state index contributed by atoms with van der Waals surface area (Å²) in [5.41, 5.74) is 8.21. The number of morpholine rings is 1. The number of nitrogen functional groups attached to an aromatic ring is 1. The lowest BCUT2D eigenvalue weighted by Crippen LogP contribution is -2.43. The molecule has 1 aromatic heterocycles. The van der Waals surface area contributed by atoms with Crippen LogP contribution in [-0.2, 0) is 4.74 Å². The molecule has 0 spiro atoms. The highest BCUT2D eigenvalue weighted by Gasteiger charge is 2.17. The molecule has 1 saturated heterocycles. The Kier molecular flexibility index (Phi) is 4.03. The molecule has 0 aliphatic carbocycles. The number of nitrogens with two attached hydrogens (primary N) is 1. The molecule has 0 radical (unpaired) electrons. The molecule has 2 amide bonds. The minimum absolute atomic E-state index is 0.133. The van der Waals surface area contributed by atoms with Gasteiger partial charge in [0, 0.05) is 29.7 Å². The van der Waals surface area contributed by atoms with Crippen molar-refractivity contribution in [2.24, 2.45) is 0 Å². The van der Waals surface area contributed by atoms with Crippen LogP contribution >= 0.6 is 11.3 Å². The summed E-state index contributed by atoms with van der Waals surface area (Å²) in [6, 6.07) is 7.39. The van der Waals surface area contributed by atoms with Crippen LogP contribution < -0.4 is 11.1 Å². The van der Waals surface area contributed by atoms with E-state index >= 15 is 0 Å². The van der Waals surface area contributed by atoms with Gasteiger partial charge < -0.3 is 15.4 Å². The van der Waals surface area contributed by atoms with Gasteiger partial charge in [0.2, 0.25) is 0 Å². The fourth-order valence-corrected chi connectivity index (χ4v) is 2.81. The third-order valence-electron chi connectivity index (χ3n) is 3.20. The van der Waals surface area contributed by atoms with Crippen LogP contribution in [0.25, 0.3) is 11.3 Å². The Morgan fingerprint density at radius 2 is 2.19 bits per heavy atom. The second-order valence-electron chi connectivity index (χ2n) is 4.69. The third-order valence-corrected chi connectivity index (χ3v) is 3.96. The largest absolute Gasteiger partial charge is 0.399 e. The van der Waals surface area contributed by atoms with E-state index in [2.05, 4.69) is 10.3 Å². The highest BCUT2D eigenvalue weighted by molar-refractivity contribution is 7.14. The fourth-order valence-electron chi connectivity index (χ4n) is 2.10. The standard InChI is InChI=1S/C14H16N4O2S/c15-11-3-1-2-10(8-11)12-9-21-13(16-12)17-14(19)18-4-6-20-7-5-18/h1-3,8-9H,4-7,15H2,(H,16,17,19). The average Bonchev–Trinajstić information content (AvgIpc) is 2.97. The molecule has 7 heteroatoms. The Hall–Kier alpha value is -2.12. The summed E-state index contributed by atoms with van der Waals surface area (Å²) in [4.78, 5) is 18.2. The number of thiazole rings is 1. The van der Waals surface area contributed by atoms with Crippen LogP contribution in [-0.4, -0.2) is 42.2 Å². The van der Waals surface area contributed by atoms with Crippen LogP contribution in [0.1, 0.15) is 0 Å². The maximum absolute atomic E-state index is 12.1. The molecule has 21 heavy (non-hydrogen) atoms. The zero-order chi connectivity index (χ0) is 14.7. The van der Waals surface area contributed by atoms with E-state index in [1.165, 1.54) is 11.3 Å². The van der Waals surface area contributed by atoms with Gasteiger partial charge in [-0.3, -0.25) is 5.32 Å². The second-order valence-corrected chi connectivity index (χ2v) is 5.55. The van der Waals surface area contributed by atoms with Crippen molar-refractivity contribution < 1.29 is 9.53 Å². The van der Waals surface area contributed by atoms with E-state index in [4.69, 9.17) is 10.5 Å². The van der Waals surface area contributed by atoms with E-state index in [9.17, 15) is 4.79 Å². The van der Waals surface area contributed by atoms with E-state index < -0.39 is 0 Å². The van der Waals surface area contributed by atoms with Crippen molar-refractivity contribution in [1.82, 2.24) is 9.88 Å². The first-order valence-corrected chi connectivity index (χ1v) is 7.55. The van der Waals surface area contributed by atoms with Gasteiger partial charge >= 0.3 is 6.03 Å². The van der Waals surface area contributed by atoms with Crippen LogP contribution in [0, 0.1) is 0 Å². The number of urea groups is 1. The lowest BCUT2D eigenvalue weighted by Gasteiger charge is -2.26. The fraction of sp³-hybridized carbons (Fsp3) is 0.286. The maximum Gasteiger partial charge on any atom is 0.323 e. The van der Waals surface area contributed by atoms with Crippen LogP contribution in [0.3, 0.4) is 0 Å². The topological polar surface area (TPSA) is 80.5 Å². The molecule has 1 aromatic carbocycles. The number of benzene rings is 1. The average molecular weight is 304 g/mol. The van der Waals surface area contributed by atoms with Crippen molar-refractivity contribution in [2.75, 3.05) is 37.4 Å². The van der Waals surface area contributed by atoms with Crippen LogP contribution in [0.15, 0.2) is 29.6 Å². The van der Waals surface area contributed by atoms with E-state index in [-0.39, 0.29) is 6.03 Å². The number of nitrogens with zero attached hydrogens (tertiary/aromatic N) is 2. The number of hydrogen-bond acceptors (Lipinski definition) is 5. The number of rotatable bonds is 2. The lowest BCUT2D eigenvalue weighted by atomic mass is 10.1. The maximum atomic E-state index is 12.1. The minimum atomic E-state index is -0.133. The zero-order valence-electron chi connectivity index (χ0n) is 11.4. The highest BCUT2D eigenvalue weighted by Crippen LogP contribution is 2.26. The van der Waals surface area contributed by atoms with E-state index in [0.717, 1.165) is 11.3 Å². The first kappa shape index (κ1) is 13.8. The molecule has 0 unspecified atom stereocenters. The summed E-state index contributed by atoms with van der Waals surface area (Å²) in [7, 11) is 0. The quantitative estimate of drug-likeness (QED) is 0.834. The summed E-state index contributed by atoms with van der Waals surface area (Å²) in [5.74, 6) is 0. The first-order valence-electron chi connectivity index (χ1n) is 6.67. The summed E-state index contributed by atoms with van der Waals surface area (Å²) in [6.45, 7) is 2.39. The van der Waals surface area contributed by atoms with Crippen molar-refractivity contribution in [3.8, 4) is 11.3 Å². The number of ether oxygens (including phenoxy) is 1. The SMILES string of the molecule is Nc1cccc(-c2csc(NC(=O)N3CCOCC3)n2)c1. The molecule has 0 atom stereocenters. The number of anilines is 2. The van der Waals surface area contributed by atoms with E-state index in [1.54, 1.807) is 4.90 Å². The molecule has 1 aliphatic rings. The predicted molar refractivity (Wildman–Crippen MR) is 83.4 cm³/mol. The molecule has 2 aromatic rings. The first-order chi connectivity index (χ1) is 10.2. The number of carbonyl (C=O) groups is 1. The molecule has 0 bridgehead atoms. The molecule has 6 nitrogen and oxygen atoms in total. The van der Waals surface area contributed by atoms with Crippen molar-refractivity contribution in [3.63, 3.8) is 0 Å². The molecule has 2 heterocycles. The van der Waals surface area contributed by atoms with Crippen molar-refractivity contribution in [1.29, 1.82) is 0 Å². The predicted octanol–water partition coefficient (Wildman–Crippen LogP) is 2.26. The molecular formula is C14H16N4O2S. The number of nitrogens with one attached hydrogen (secondary N) is 1. The molecule has 110 valence electrons. The van der Waals surface area contributed by atoms with Gasteiger partial charge in [-0.15, -0.1) is 11.3 Å². The van der Waals surface area contributed by atoms with Gasteiger partial charge in [-0.1, -0.05) is 12.1 Å². The number of aromatic nitrogens is 1. The third kappa shape index (κ3) is 3.32. The zero-order valence-corrected chi connectivity index (χ0v) is 12.2. The molecule has 3 rings (SSSR count). The van der Waals surface area contributed by atoms with Crippen LogP contribution in [0.4, 0.5) is 15.6 Å². The number of hydrogen-bond donors (Lipinski definition) is 2. The summed E-state index contributed by atoms with van der Waals surface area (Å²) >= 11 is 1.40. The summed E-state index contributed by atoms with van der Waals surface area (Å²) in [5, 5.41) is 5.32. The molecular weight excluding hydrogens is 288 g/mol. The Morgan fingerprint density at radius 1 is 1.38 bits per heavy atom. The van der Waals surface area contributed by atoms with E-state index in [1.807, 2.05) is 29.6 Å². The Morgan fingerprint density at radius 3 is 2.95 bits per heavy atom. The monoisotopic (exact) mass is 304 g/mol. The summed E-state index contributed by atoms with van der Waals surface area (Å²) in [6.07, 6.45) is 0. The van der Waals surface area contributed by atoms with Gasteiger partial charge in [0.25, 0.3) is 0 Å². The Labute approximate surface area is 126 Å². The lowest BCUT2D eigenvalue weighted by molar-refractivity contribution is 0.0564. The molecule has 1 aliphatic heterocycles. The minimum Gasteiger partial charge on any atom is -0.399 e. The Bertz CT molecular complexity index is 637. The number of carbonyl (C=O) groups excluding carboxylic acids is 1. The smallest absolute Gasteiger partial charge is 0.323 e. The van der Waals surface area contributed by atoms with Gasteiger partial charge in [0.15, 0.2) is 5.13 Å². The molecule has 1 fully saturated rings. The van der Waals surface area contributed by atoms with Crippen molar-refractivity contribution in [3.05, 3.63) is 29.6 Å². The Balaban J connectivity index is 1.69. The van der Waals surface area contributed by atoms with Gasteiger partial charge in [-0.2, -0.15) is 0 Å². The van der Waals surface area contributed by atoms with Gasteiger partial charge in [-0.05, 0) is 12.1 Å². The van der Waals surface area contributed by atoms with Crippen LogP contribution in [0.5, 0.6) is 0 Å². The second kappa shape index (κ2) is 6.11. The highest BCUT2D eigenvalue weighted by atomic mass is 32.1. The van der Waals surface area contributed by atoms with Crippen LogP contribution in [0.2, 0.25) is 0 Å². The number of amides is 2. The van der Waals surface area contributed by atoms with Gasteiger partial charge in [0.1, 0.15) is 0 Å². The van der Waals surface area contributed by atoms with E-state index in [0.29, 0.717) is 37.1 Å².